The zero-order valence-corrected chi connectivity index (χ0v) is 11.6. The van der Waals surface area contributed by atoms with E-state index in [9.17, 15) is 9.59 Å². The fraction of sp³-hybridized carbons (Fsp3) is 0.357. The lowest BCUT2D eigenvalue weighted by Gasteiger charge is -2.20. The van der Waals surface area contributed by atoms with Crippen molar-refractivity contribution in [1.82, 2.24) is 10.3 Å². The first-order valence-corrected chi connectivity index (χ1v) is 6.09. The number of primary amides is 1. The highest BCUT2D eigenvalue weighted by atomic mass is 16.2. The van der Waals surface area contributed by atoms with E-state index < -0.39 is 11.3 Å². The molecule has 1 heterocycles. The van der Waals surface area contributed by atoms with E-state index in [0.717, 1.165) is 0 Å². The van der Waals surface area contributed by atoms with Crippen LogP contribution in [-0.4, -0.2) is 29.9 Å². The van der Waals surface area contributed by atoms with Crippen LogP contribution in [-0.2, 0) is 4.79 Å². The summed E-state index contributed by atoms with van der Waals surface area (Å²) < 4.78 is 0. The number of hydrogen-bond donors (Lipinski definition) is 3. The molecule has 0 aromatic carbocycles. The topological polar surface area (TPSA) is 111 Å². The number of amides is 2. The van der Waals surface area contributed by atoms with Gasteiger partial charge in [0.2, 0.25) is 5.91 Å². The summed E-state index contributed by atoms with van der Waals surface area (Å²) in [6, 6.07) is 1.56. The lowest BCUT2D eigenvalue weighted by Crippen LogP contribution is -2.42. The second kappa shape index (κ2) is 6.68. The van der Waals surface area contributed by atoms with E-state index in [1.807, 2.05) is 0 Å². The van der Waals surface area contributed by atoms with Crippen LogP contribution in [0.25, 0.3) is 0 Å². The SMILES string of the molecule is CC(C)(CNC(=O)c1ccncc1C#CCN)C(N)=O. The lowest BCUT2D eigenvalue weighted by atomic mass is 9.92. The molecule has 0 fully saturated rings. The van der Waals surface area contributed by atoms with Crippen molar-refractivity contribution < 1.29 is 9.59 Å². The molecule has 6 heteroatoms. The fourth-order valence-electron chi connectivity index (χ4n) is 1.32. The molecule has 1 rings (SSSR count). The van der Waals surface area contributed by atoms with Gasteiger partial charge in [0, 0.05) is 18.9 Å². The maximum absolute atomic E-state index is 12.1. The molecular weight excluding hydrogens is 256 g/mol. The minimum atomic E-state index is -0.814. The third-order valence-corrected chi connectivity index (χ3v) is 2.75. The van der Waals surface area contributed by atoms with Crippen molar-refractivity contribution in [3.63, 3.8) is 0 Å². The third kappa shape index (κ3) is 4.07. The monoisotopic (exact) mass is 274 g/mol. The van der Waals surface area contributed by atoms with Crippen LogP contribution >= 0.6 is 0 Å². The van der Waals surface area contributed by atoms with Gasteiger partial charge < -0.3 is 16.8 Å². The van der Waals surface area contributed by atoms with Gasteiger partial charge in [0.25, 0.3) is 5.91 Å². The van der Waals surface area contributed by atoms with E-state index in [1.54, 1.807) is 19.9 Å². The van der Waals surface area contributed by atoms with Gasteiger partial charge in [-0.2, -0.15) is 0 Å². The molecule has 0 spiro atoms. The van der Waals surface area contributed by atoms with Gasteiger partial charge in [0.15, 0.2) is 0 Å². The molecule has 5 N–H and O–H groups in total. The predicted octanol–water partition coefficient (Wildman–Crippen LogP) is -0.367. The van der Waals surface area contributed by atoms with Crippen molar-refractivity contribution in [2.75, 3.05) is 13.1 Å². The molecule has 6 nitrogen and oxygen atoms in total. The Morgan fingerprint density at radius 2 is 2.15 bits per heavy atom. The number of hydrogen-bond acceptors (Lipinski definition) is 4. The number of nitrogens with zero attached hydrogens (tertiary/aromatic N) is 1. The number of rotatable bonds is 4. The van der Waals surface area contributed by atoms with Gasteiger partial charge in [-0.15, -0.1) is 0 Å². The van der Waals surface area contributed by atoms with E-state index in [4.69, 9.17) is 11.5 Å². The minimum Gasteiger partial charge on any atom is -0.369 e. The Morgan fingerprint density at radius 3 is 2.75 bits per heavy atom. The molecule has 0 saturated carbocycles. The Kier molecular flexibility index (Phi) is 5.23. The second-order valence-corrected chi connectivity index (χ2v) is 4.86. The first-order valence-electron chi connectivity index (χ1n) is 6.09. The zero-order chi connectivity index (χ0) is 15.2. The molecule has 1 aromatic heterocycles. The maximum atomic E-state index is 12.1. The van der Waals surface area contributed by atoms with Crippen LogP contribution in [0.5, 0.6) is 0 Å². The van der Waals surface area contributed by atoms with E-state index in [0.29, 0.717) is 11.1 Å². The smallest absolute Gasteiger partial charge is 0.252 e. The highest BCUT2D eigenvalue weighted by Gasteiger charge is 2.25. The summed E-state index contributed by atoms with van der Waals surface area (Å²) in [5.41, 5.74) is 10.6. The van der Waals surface area contributed by atoms with Gasteiger partial charge in [0.1, 0.15) is 0 Å². The maximum Gasteiger partial charge on any atom is 0.252 e. The molecule has 20 heavy (non-hydrogen) atoms. The summed E-state index contributed by atoms with van der Waals surface area (Å²) in [5, 5.41) is 2.67. The molecule has 0 bridgehead atoms. The van der Waals surface area contributed by atoms with Crippen molar-refractivity contribution >= 4 is 11.8 Å². The summed E-state index contributed by atoms with van der Waals surface area (Å²) in [5.74, 6) is 4.65. The number of carbonyl (C=O) groups is 2. The van der Waals surface area contributed by atoms with Crippen molar-refractivity contribution in [1.29, 1.82) is 0 Å². The summed E-state index contributed by atoms with van der Waals surface area (Å²) in [7, 11) is 0. The standard InChI is InChI=1S/C14H18N4O2/c1-14(2,13(16)20)9-18-12(19)11-5-7-17-8-10(11)4-3-6-15/h5,7-8H,6,9,15H2,1-2H3,(H2,16,20)(H,18,19). The van der Waals surface area contributed by atoms with Gasteiger partial charge in [-0.1, -0.05) is 11.8 Å². The van der Waals surface area contributed by atoms with Crippen molar-refractivity contribution in [3.05, 3.63) is 29.6 Å². The number of aromatic nitrogens is 1. The number of carbonyl (C=O) groups excluding carboxylic acids is 2. The average molecular weight is 274 g/mol. The molecule has 0 aliphatic heterocycles. The average Bonchev–Trinajstić information content (AvgIpc) is 2.42. The predicted molar refractivity (Wildman–Crippen MR) is 75.5 cm³/mol. The number of nitrogens with two attached hydrogens (primary N) is 2. The van der Waals surface area contributed by atoms with E-state index in [2.05, 4.69) is 22.1 Å². The molecule has 0 aliphatic carbocycles. The Bertz CT molecular complexity index is 570. The normalized spacial score (nSPS) is 10.3. The molecular formula is C14H18N4O2. The second-order valence-electron chi connectivity index (χ2n) is 4.86. The Labute approximate surface area is 117 Å². The summed E-state index contributed by atoms with van der Waals surface area (Å²) in [6.45, 7) is 3.67. The van der Waals surface area contributed by atoms with Crippen LogP contribution in [0.4, 0.5) is 0 Å². The molecule has 0 unspecified atom stereocenters. The molecule has 106 valence electrons. The van der Waals surface area contributed by atoms with Crippen molar-refractivity contribution in [3.8, 4) is 11.8 Å². The van der Waals surface area contributed by atoms with E-state index in [1.165, 1.54) is 12.4 Å². The van der Waals surface area contributed by atoms with Gasteiger partial charge in [-0.3, -0.25) is 14.6 Å². The Balaban J connectivity index is 2.86. The van der Waals surface area contributed by atoms with Crippen LogP contribution in [0.15, 0.2) is 18.5 Å². The lowest BCUT2D eigenvalue weighted by molar-refractivity contribution is -0.125. The van der Waals surface area contributed by atoms with Gasteiger partial charge in [-0.25, -0.2) is 0 Å². The first kappa shape index (κ1) is 15.7. The summed E-state index contributed by atoms with van der Waals surface area (Å²) in [6.07, 6.45) is 3.00. The Morgan fingerprint density at radius 1 is 1.45 bits per heavy atom. The summed E-state index contributed by atoms with van der Waals surface area (Å²) in [4.78, 5) is 27.2. The quantitative estimate of drug-likeness (QED) is 0.650. The molecule has 2 amide bonds. The van der Waals surface area contributed by atoms with E-state index >= 15 is 0 Å². The number of pyridine rings is 1. The molecule has 0 radical (unpaired) electrons. The van der Waals surface area contributed by atoms with E-state index in [-0.39, 0.29) is 19.0 Å². The van der Waals surface area contributed by atoms with Crippen molar-refractivity contribution in [2.45, 2.75) is 13.8 Å². The third-order valence-electron chi connectivity index (χ3n) is 2.75. The van der Waals surface area contributed by atoms with Crippen molar-refractivity contribution in [2.24, 2.45) is 16.9 Å². The van der Waals surface area contributed by atoms with Crippen LogP contribution in [0.1, 0.15) is 29.8 Å². The van der Waals surface area contributed by atoms with Crippen LogP contribution in [0.3, 0.4) is 0 Å². The zero-order valence-electron chi connectivity index (χ0n) is 11.6. The van der Waals surface area contributed by atoms with Gasteiger partial charge in [0.05, 0.1) is 23.1 Å². The van der Waals surface area contributed by atoms with Crippen LogP contribution in [0.2, 0.25) is 0 Å². The first-order chi connectivity index (χ1) is 9.38. The molecule has 0 saturated heterocycles. The van der Waals surface area contributed by atoms with Gasteiger partial charge in [-0.05, 0) is 19.9 Å². The molecule has 0 atom stereocenters. The number of nitrogens with one attached hydrogen (secondary N) is 1. The van der Waals surface area contributed by atoms with Gasteiger partial charge >= 0.3 is 0 Å². The molecule has 0 aliphatic rings. The Hall–Kier alpha value is -2.39. The molecule has 1 aromatic rings. The minimum absolute atomic E-state index is 0.146. The summed E-state index contributed by atoms with van der Waals surface area (Å²) >= 11 is 0. The highest BCUT2D eigenvalue weighted by molar-refractivity contribution is 5.97. The highest BCUT2D eigenvalue weighted by Crippen LogP contribution is 2.13. The van der Waals surface area contributed by atoms with Crippen LogP contribution in [0, 0.1) is 17.3 Å². The fourth-order valence-corrected chi connectivity index (χ4v) is 1.32. The van der Waals surface area contributed by atoms with Crippen LogP contribution < -0.4 is 16.8 Å². The largest absolute Gasteiger partial charge is 0.369 e.